The lowest BCUT2D eigenvalue weighted by Gasteiger charge is -2.43. The normalized spacial score (nSPS) is 17.5. The summed E-state index contributed by atoms with van der Waals surface area (Å²) in [5.41, 5.74) is -2.79. The molecular formula is C15H19F3N2O2. The van der Waals surface area contributed by atoms with Crippen molar-refractivity contribution in [2.24, 2.45) is 0 Å². The molecule has 1 aliphatic rings. The third-order valence-corrected chi connectivity index (χ3v) is 3.65. The third-order valence-electron chi connectivity index (χ3n) is 3.65. The Morgan fingerprint density at radius 2 is 1.95 bits per heavy atom. The number of aromatic nitrogens is 1. The molecule has 22 heavy (non-hydrogen) atoms. The molecule has 0 radical (unpaired) electrons. The number of anilines is 1. The molecule has 0 atom stereocenters. The van der Waals surface area contributed by atoms with Crippen LogP contribution >= 0.6 is 0 Å². The van der Waals surface area contributed by atoms with Gasteiger partial charge < -0.3 is 4.74 Å². The molecule has 0 unspecified atom stereocenters. The van der Waals surface area contributed by atoms with Crippen LogP contribution in [0.3, 0.4) is 0 Å². The van der Waals surface area contributed by atoms with E-state index < -0.39 is 23.3 Å². The molecular weight excluding hydrogens is 297 g/mol. The monoisotopic (exact) mass is 316 g/mol. The Hall–Kier alpha value is -1.79. The molecule has 1 aromatic heterocycles. The Bertz CT molecular complexity index is 561. The number of nitrogens with one attached hydrogen (secondary N) is 1. The first-order chi connectivity index (χ1) is 10.1. The number of halogens is 3. The van der Waals surface area contributed by atoms with E-state index in [0.717, 1.165) is 0 Å². The van der Waals surface area contributed by atoms with Gasteiger partial charge >= 0.3 is 12.3 Å². The lowest BCUT2D eigenvalue weighted by molar-refractivity contribution is -0.213. The highest BCUT2D eigenvalue weighted by molar-refractivity contribution is 5.86. The molecule has 1 aromatic rings. The van der Waals surface area contributed by atoms with E-state index in [1.165, 1.54) is 18.3 Å². The van der Waals surface area contributed by atoms with Crippen molar-refractivity contribution in [1.29, 1.82) is 0 Å². The van der Waals surface area contributed by atoms with E-state index in [2.05, 4.69) is 10.3 Å². The van der Waals surface area contributed by atoms with Gasteiger partial charge in [0, 0.05) is 6.20 Å². The third kappa shape index (κ3) is 3.18. The summed E-state index contributed by atoms with van der Waals surface area (Å²) in [4.78, 5) is 15.7. The highest BCUT2D eigenvalue weighted by atomic mass is 19.4. The molecule has 0 aromatic carbocycles. The molecule has 0 bridgehead atoms. The number of rotatable bonds is 2. The number of amides is 1. The van der Waals surface area contributed by atoms with E-state index in [4.69, 9.17) is 4.74 Å². The average Bonchev–Trinajstić information content (AvgIpc) is 2.25. The number of hydrogen-bond donors (Lipinski definition) is 1. The molecule has 2 rings (SSSR count). The van der Waals surface area contributed by atoms with Crippen LogP contribution in [0.4, 0.5) is 23.7 Å². The summed E-state index contributed by atoms with van der Waals surface area (Å²) in [6.07, 6.45) is -3.43. The Labute approximate surface area is 127 Å². The van der Waals surface area contributed by atoms with E-state index in [0.29, 0.717) is 6.42 Å². The molecule has 1 saturated carbocycles. The minimum Gasteiger partial charge on any atom is -0.444 e. The quantitative estimate of drug-likeness (QED) is 0.879. The number of carbonyl (C=O) groups is 1. The second kappa shape index (κ2) is 5.44. The average molecular weight is 316 g/mol. The summed E-state index contributed by atoms with van der Waals surface area (Å²) in [5, 5.41) is 2.39. The molecule has 1 aliphatic carbocycles. The second-order valence-corrected chi connectivity index (χ2v) is 6.46. The SMILES string of the molecule is CC(C)(C)OC(=O)Nc1cccnc1C1(C(F)(F)F)CCC1. The standard InChI is InChI=1S/C15H19F3N2O2/c1-13(2,3)22-12(21)20-10-6-4-9-19-11(10)14(7-5-8-14)15(16,17)18/h4,6,9H,5,7-8H2,1-3H3,(H,20,21). The van der Waals surface area contributed by atoms with E-state index in [1.54, 1.807) is 20.8 Å². The van der Waals surface area contributed by atoms with Crippen LogP contribution in [0.25, 0.3) is 0 Å². The first-order valence-corrected chi connectivity index (χ1v) is 7.07. The lowest BCUT2D eigenvalue weighted by atomic mass is 9.65. The van der Waals surface area contributed by atoms with Gasteiger partial charge in [-0.3, -0.25) is 10.3 Å². The van der Waals surface area contributed by atoms with Gasteiger partial charge in [-0.2, -0.15) is 13.2 Å². The van der Waals surface area contributed by atoms with Crippen LogP contribution in [0.5, 0.6) is 0 Å². The van der Waals surface area contributed by atoms with Gasteiger partial charge in [0.05, 0.1) is 11.4 Å². The maximum absolute atomic E-state index is 13.4. The zero-order valence-electron chi connectivity index (χ0n) is 12.8. The maximum Gasteiger partial charge on any atom is 0.412 e. The van der Waals surface area contributed by atoms with Gasteiger partial charge in [-0.25, -0.2) is 4.79 Å². The van der Waals surface area contributed by atoms with Crippen molar-refractivity contribution in [3.8, 4) is 0 Å². The first kappa shape index (κ1) is 16.6. The van der Waals surface area contributed by atoms with Crippen molar-refractivity contribution in [2.75, 3.05) is 5.32 Å². The summed E-state index contributed by atoms with van der Waals surface area (Å²) in [7, 11) is 0. The molecule has 122 valence electrons. The topological polar surface area (TPSA) is 51.2 Å². The van der Waals surface area contributed by atoms with Gasteiger partial charge in [0.15, 0.2) is 0 Å². The predicted octanol–water partition coefficient (Wildman–Crippen LogP) is 4.41. The molecule has 1 fully saturated rings. The van der Waals surface area contributed by atoms with Gasteiger partial charge in [-0.05, 0) is 45.7 Å². The fourth-order valence-electron chi connectivity index (χ4n) is 2.49. The highest BCUT2D eigenvalue weighted by Crippen LogP contribution is 2.55. The summed E-state index contributed by atoms with van der Waals surface area (Å²) in [6, 6.07) is 2.90. The molecule has 0 spiro atoms. The van der Waals surface area contributed by atoms with Crippen LogP contribution < -0.4 is 5.32 Å². The second-order valence-electron chi connectivity index (χ2n) is 6.46. The molecule has 0 saturated heterocycles. The zero-order chi connectivity index (χ0) is 16.6. The van der Waals surface area contributed by atoms with Crippen LogP contribution in [0.15, 0.2) is 18.3 Å². The highest BCUT2D eigenvalue weighted by Gasteiger charge is 2.61. The summed E-state index contributed by atoms with van der Waals surface area (Å²) in [6.45, 7) is 5.04. The number of nitrogens with zero attached hydrogens (tertiary/aromatic N) is 1. The van der Waals surface area contributed by atoms with Crippen molar-refractivity contribution in [1.82, 2.24) is 4.98 Å². The summed E-state index contributed by atoms with van der Waals surface area (Å²) in [5.74, 6) is 0. The van der Waals surface area contributed by atoms with Crippen molar-refractivity contribution in [3.05, 3.63) is 24.0 Å². The lowest BCUT2D eigenvalue weighted by Crippen LogP contribution is -2.49. The number of alkyl halides is 3. The Morgan fingerprint density at radius 1 is 1.32 bits per heavy atom. The minimum absolute atomic E-state index is 0.0173. The molecule has 7 heteroatoms. The molecule has 0 aliphatic heterocycles. The number of ether oxygens (including phenoxy) is 1. The molecule has 4 nitrogen and oxygen atoms in total. The van der Waals surface area contributed by atoms with Gasteiger partial charge in [0.1, 0.15) is 11.0 Å². The van der Waals surface area contributed by atoms with E-state index in [-0.39, 0.29) is 24.2 Å². The number of pyridine rings is 1. The minimum atomic E-state index is -4.40. The molecule has 1 amide bonds. The van der Waals surface area contributed by atoms with Crippen LogP contribution in [-0.4, -0.2) is 22.9 Å². The van der Waals surface area contributed by atoms with E-state index >= 15 is 0 Å². The Balaban J connectivity index is 2.30. The Kier molecular flexibility index (Phi) is 4.10. The fraction of sp³-hybridized carbons (Fsp3) is 0.600. The van der Waals surface area contributed by atoms with Crippen molar-refractivity contribution >= 4 is 11.8 Å². The van der Waals surface area contributed by atoms with Crippen LogP contribution in [-0.2, 0) is 10.2 Å². The van der Waals surface area contributed by atoms with Crippen molar-refractivity contribution in [3.63, 3.8) is 0 Å². The van der Waals surface area contributed by atoms with Gasteiger partial charge in [0.2, 0.25) is 0 Å². The van der Waals surface area contributed by atoms with Gasteiger partial charge in [-0.15, -0.1) is 0 Å². The smallest absolute Gasteiger partial charge is 0.412 e. The molecule has 1 heterocycles. The fourth-order valence-corrected chi connectivity index (χ4v) is 2.49. The van der Waals surface area contributed by atoms with Crippen LogP contribution in [0, 0.1) is 0 Å². The predicted molar refractivity (Wildman–Crippen MR) is 75.7 cm³/mol. The molecule has 1 N–H and O–H groups in total. The van der Waals surface area contributed by atoms with E-state index in [1.807, 2.05) is 0 Å². The van der Waals surface area contributed by atoms with Crippen molar-refractivity contribution < 1.29 is 22.7 Å². The van der Waals surface area contributed by atoms with Crippen LogP contribution in [0.1, 0.15) is 45.7 Å². The van der Waals surface area contributed by atoms with Crippen molar-refractivity contribution in [2.45, 2.75) is 57.2 Å². The van der Waals surface area contributed by atoms with Gasteiger partial charge in [0.25, 0.3) is 0 Å². The maximum atomic E-state index is 13.4. The zero-order valence-corrected chi connectivity index (χ0v) is 12.8. The number of carbonyl (C=O) groups excluding carboxylic acids is 1. The Morgan fingerprint density at radius 3 is 2.41 bits per heavy atom. The van der Waals surface area contributed by atoms with Crippen LogP contribution in [0.2, 0.25) is 0 Å². The summed E-state index contributed by atoms with van der Waals surface area (Å²) >= 11 is 0. The summed E-state index contributed by atoms with van der Waals surface area (Å²) < 4.78 is 45.4. The van der Waals surface area contributed by atoms with E-state index in [9.17, 15) is 18.0 Å². The first-order valence-electron chi connectivity index (χ1n) is 7.07. The largest absolute Gasteiger partial charge is 0.444 e. The number of hydrogen-bond acceptors (Lipinski definition) is 3. The van der Waals surface area contributed by atoms with Gasteiger partial charge in [-0.1, -0.05) is 6.42 Å².